The predicted molar refractivity (Wildman–Crippen MR) is 252 cm³/mol. The molecule has 1 heterocycles. The van der Waals surface area contributed by atoms with Crippen LogP contribution in [0.3, 0.4) is 0 Å². The zero-order valence-electron chi connectivity index (χ0n) is 33.5. The molecule has 0 unspecified atom stereocenters. The Labute approximate surface area is 356 Å². The number of anilines is 3. The van der Waals surface area contributed by atoms with Gasteiger partial charge in [0.25, 0.3) is 0 Å². The lowest BCUT2D eigenvalue weighted by Crippen LogP contribution is -2.28. The molecule has 0 spiro atoms. The van der Waals surface area contributed by atoms with Gasteiger partial charge in [-0.25, -0.2) is 0 Å². The van der Waals surface area contributed by atoms with E-state index in [1.54, 1.807) is 0 Å². The molecule has 10 aromatic rings. The van der Waals surface area contributed by atoms with Crippen molar-refractivity contribution >= 4 is 28.0 Å². The molecule has 0 radical (unpaired) electrons. The lowest BCUT2D eigenvalue weighted by molar-refractivity contribution is 0.768. The monoisotopic (exact) mass is 779 g/mol. The number of rotatable bonds is 8. The fraction of sp³-hybridized carbons (Fsp3) is 0.0345. The first-order chi connectivity index (χ1) is 30.2. The van der Waals surface area contributed by atoms with Crippen molar-refractivity contribution in [1.82, 2.24) is 4.68 Å². The fourth-order valence-electron chi connectivity index (χ4n) is 10.7. The highest BCUT2D eigenvalue weighted by Crippen LogP contribution is 2.57. The van der Waals surface area contributed by atoms with E-state index in [0.717, 1.165) is 28.0 Å². The molecule has 0 saturated carbocycles. The largest absolute Gasteiger partial charge is 0.355 e. The normalized spacial score (nSPS) is 13.8. The summed E-state index contributed by atoms with van der Waals surface area (Å²) in [6, 6.07) is 84.2. The Kier molecular flexibility index (Phi) is 7.98. The molecule has 288 valence electrons. The second-order valence-electron chi connectivity index (χ2n) is 16.3. The first-order valence-corrected chi connectivity index (χ1v) is 21.1. The van der Waals surface area contributed by atoms with Gasteiger partial charge in [-0.05, 0) is 109 Å². The Morgan fingerprint density at radius 1 is 0.311 bits per heavy atom. The summed E-state index contributed by atoms with van der Waals surface area (Å²) in [5, 5.41) is 4.96. The van der Waals surface area contributed by atoms with Crippen molar-refractivity contribution in [3.05, 3.63) is 281 Å². The quantitative estimate of drug-likeness (QED) is 0.161. The summed E-state index contributed by atoms with van der Waals surface area (Å²) in [5.41, 5.74) is 22.4. The highest BCUT2D eigenvalue weighted by molar-refractivity contribution is 5.89. The third-order valence-electron chi connectivity index (χ3n) is 13.1. The third-order valence-corrected chi connectivity index (χ3v) is 13.1. The second-order valence-corrected chi connectivity index (χ2v) is 16.3. The highest BCUT2D eigenvalue weighted by atomic mass is 15.4. The van der Waals surface area contributed by atoms with Crippen LogP contribution in [0.4, 0.5) is 17.1 Å². The molecular formula is C58H41N3. The van der Waals surface area contributed by atoms with Crippen molar-refractivity contribution in [2.45, 2.75) is 10.8 Å². The number of benzene rings is 9. The molecule has 2 N–H and O–H groups in total. The van der Waals surface area contributed by atoms with E-state index in [1.807, 2.05) is 0 Å². The second kappa shape index (κ2) is 13.9. The summed E-state index contributed by atoms with van der Waals surface area (Å²) in [7, 11) is 0. The Morgan fingerprint density at radius 3 is 1.23 bits per heavy atom. The zero-order valence-corrected chi connectivity index (χ0v) is 33.5. The molecule has 1 aromatic heterocycles. The van der Waals surface area contributed by atoms with Crippen LogP contribution in [0, 0.1) is 0 Å². The summed E-state index contributed by atoms with van der Waals surface area (Å²) in [6.45, 7) is 0. The van der Waals surface area contributed by atoms with Gasteiger partial charge in [-0.15, -0.1) is 0 Å². The van der Waals surface area contributed by atoms with E-state index in [9.17, 15) is 0 Å². The van der Waals surface area contributed by atoms with E-state index >= 15 is 0 Å². The average Bonchev–Trinajstić information content (AvgIpc) is 3.97. The molecule has 12 rings (SSSR count). The molecular weight excluding hydrogens is 739 g/mol. The zero-order chi connectivity index (χ0) is 40.4. The Balaban J connectivity index is 0.915. The number of hydrogen-bond acceptors (Lipinski definition) is 2. The van der Waals surface area contributed by atoms with E-state index in [1.165, 1.54) is 66.8 Å². The van der Waals surface area contributed by atoms with Gasteiger partial charge in [0.15, 0.2) is 0 Å². The topological polar surface area (TPSA) is 29.0 Å². The van der Waals surface area contributed by atoms with Crippen LogP contribution in [0.5, 0.6) is 0 Å². The first-order valence-electron chi connectivity index (χ1n) is 21.1. The molecule has 61 heavy (non-hydrogen) atoms. The van der Waals surface area contributed by atoms with Gasteiger partial charge in [-0.2, -0.15) is 0 Å². The maximum absolute atomic E-state index is 3.80. The van der Waals surface area contributed by atoms with Crippen LogP contribution >= 0.6 is 0 Å². The van der Waals surface area contributed by atoms with Gasteiger partial charge in [0.2, 0.25) is 0 Å². The van der Waals surface area contributed by atoms with Crippen molar-refractivity contribution < 1.29 is 0 Å². The molecule has 3 nitrogen and oxygen atoms in total. The number of aromatic nitrogens is 1. The summed E-state index contributed by atoms with van der Waals surface area (Å²) >= 11 is 0. The molecule has 3 heteroatoms. The highest BCUT2D eigenvalue weighted by Gasteiger charge is 2.47. The SMILES string of the molecule is c1ccc(C2(c3cccc(Nc4ccc5ccn(Nc6cccc(C7(c8ccccc8)c8ccccc8-c8ccccc87)c6)c5c4)c3)c3ccccc3-c3ccccc32)cc1. The standard InChI is InChI=1S/C58H41N3/c1-3-17-41(18-4-1)57(52-29-11-7-25-48(52)49-26-8-12-30-53(49)57)43-21-15-23-45(37-43)59-46-34-33-40-35-36-61(56(40)39-46)60-47-24-16-22-44(38-47)58(42-19-5-2-6-20-42)54-31-13-9-27-50(54)51-28-10-14-32-55(51)58/h1-39,59-60H. The minimum atomic E-state index is -0.460. The van der Waals surface area contributed by atoms with Crippen molar-refractivity contribution in [2.75, 3.05) is 10.7 Å². The molecule has 0 bridgehead atoms. The van der Waals surface area contributed by atoms with Crippen LogP contribution < -0.4 is 10.7 Å². The maximum atomic E-state index is 3.80. The minimum Gasteiger partial charge on any atom is -0.355 e. The van der Waals surface area contributed by atoms with Crippen LogP contribution in [0.1, 0.15) is 44.5 Å². The molecule has 2 aliphatic carbocycles. The third kappa shape index (κ3) is 5.24. The van der Waals surface area contributed by atoms with Crippen LogP contribution in [0.25, 0.3) is 33.2 Å². The molecule has 0 amide bonds. The summed E-state index contributed by atoms with van der Waals surface area (Å²) in [4.78, 5) is 0. The van der Waals surface area contributed by atoms with Gasteiger partial charge in [0, 0.05) is 23.0 Å². The van der Waals surface area contributed by atoms with Crippen LogP contribution in [0.2, 0.25) is 0 Å². The number of nitrogens with zero attached hydrogens (tertiary/aromatic N) is 1. The van der Waals surface area contributed by atoms with Crippen molar-refractivity contribution in [3.8, 4) is 22.3 Å². The smallest absolute Gasteiger partial charge is 0.0717 e. The van der Waals surface area contributed by atoms with E-state index in [0.29, 0.717) is 0 Å². The van der Waals surface area contributed by atoms with E-state index in [-0.39, 0.29) is 0 Å². The molecule has 0 saturated heterocycles. The van der Waals surface area contributed by atoms with Crippen LogP contribution in [-0.4, -0.2) is 4.68 Å². The van der Waals surface area contributed by atoms with Gasteiger partial charge < -0.3 is 5.32 Å². The van der Waals surface area contributed by atoms with Gasteiger partial charge in [-0.3, -0.25) is 10.1 Å². The van der Waals surface area contributed by atoms with Crippen molar-refractivity contribution in [1.29, 1.82) is 0 Å². The average molecular weight is 780 g/mol. The van der Waals surface area contributed by atoms with Crippen LogP contribution in [-0.2, 0) is 10.8 Å². The van der Waals surface area contributed by atoms with Crippen LogP contribution in [0.15, 0.2) is 237 Å². The summed E-state index contributed by atoms with van der Waals surface area (Å²) in [6.07, 6.45) is 2.12. The van der Waals surface area contributed by atoms with Gasteiger partial charge in [0.1, 0.15) is 0 Å². The molecule has 0 fully saturated rings. The van der Waals surface area contributed by atoms with Crippen molar-refractivity contribution in [2.24, 2.45) is 0 Å². The van der Waals surface area contributed by atoms with Gasteiger partial charge >= 0.3 is 0 Å². The predicted octanol–water partition coefficient (Wildman–Crippen LogP) is 14.0. The number of hydrogen-bond donors (Lipinski definition) is 2. The lowest BCUT2D eigenvalue weighted by atomic mass is 9.67. The van der Waals surface area contributed by atoms with E-state index in [4.69, 9.17) is 0 Å². The number of fused-ring (bicyclic) bond motifs is 7. The Hall–Kier alpha value is -7.88. The Morgan fingerprint density at radius 2 is 0.721 bits per heavy atom. The van der Waals surface area contributed by atoms with E-state index in [2.05, 4.69) is 252 Å². The molecule has 9 aromatic carbocycles. The van der Waals surface area contributed by atoms with E-state index < -0.39 is 10.8 Å². The first kappa shape index (κ1) is 35.1. The minimum absolute atomic E-state index is 0.453. The summed E-state index contributed by atoms with van der Waals surface area (Å²) in [5.74, 6) is 0. The molecule has 2 aliphatic rings. The van der Waals surface area contributed by atoms with Gasteiger partial charge in [-0.1, -0.05) is 188 Å². The molecule has 0 atom stereocenters. The van der Waals surface area contributed by atoms with Crippen molar-refractivity contribution in [3.63, 3.8) is 0 Å². The van der Waals surface area contributed by atoms with Gasteiger partial charge in [0.05, 0.1) is 22.0 Å². The lowest BCUT2D eigenvalue weighted by Gasteiger charge is -2.34. The maximum Gasteiger partial charge on any atom is 0.0717 e. The summed E-state index contributed by atoms with van der Waals surface area (Å²) < 4.78 is 2.14. The Bertz CT molecular complexity index is 3180. The molecule has 0 aliphatic heterocycles. The number of nitrogens with one attached hydrogen (secondary N) is 2. The fourth-order valence-corrected chi connectivity index (χ4v) is 10.7.